The van der Waals surface area contributed by atoms with Crippen LogP contribution in [0.25, 0.3) is 164 Å². The maximum absolute atomic E-state index is 2.41. The molecule has 0 bridgehead atoms. The molecular weight excluding hydrogens is 1110 g/mol. The van der Waals surface area contributed by atoms with Crippen LogP contribution in [0.1, 0.15) is 49.9 Å². The number of rotatable bonds is 5. The van der Waals surface area contributed by atoms with Crippen LogP contribution in [-0.4, -0.2) is 0 Å². The summed E-state index contributed by atoms with van der Waals surface area (Å²) in [5, 5.41) is 20.6. The van der Waals surface area contributed by atoms with E-state index >= 15 is 0 Å². The molecule has 0 aliphatic heterocycles. The van der Waals surface area contributed by atoms with Crippen molar-refractivity contribution < 1.29 is 0 Å². The van der Waals surface area contributed by atoms with Gasteiger partial charge in [0, 0.05) is 10.8 Å². The molecule has 0 atom stereocenters. The lowest BCUT2D eigenvalue weighted by atomic mass is 9.79. The van der Waals surface area contributed by atoms with Crippen LogP contribution in [0, 0.1) is 0 Å². The summed E-state index contributed by atoms with van der Waals surface area (Å²) in [5.74, 6) is 0. The van der Waals surface area contributed by atoms with Crippen molar-refractivity contribution in [2.75, 3.05) is 0 Å². The second-order valence-corrected chi connectivity index (χ2v) is 26.8. The van der Waals surface area contributed by atoms with Gasteiger partial charge in [0.2, 0.25) is 0 Å². The molecule has 0 fully saturated rings. The topological polar surface area (TPSA) is 0 Å². The molecule has 0 saturated heterocycles. The molecule has 0 amide bonds. The smallest absolute Gasteiger partial charge is 0.0165 e. The van der Waals surface area contributed by atoms with Gasteiger partial charge >= 0.3 is 0 Å². The highest BCUT2D eigenvalue weighted by Crippen LogP contribution is 2.55. The predicted octanol–water partition coefficient (Wildman–Crippen LogP) is 25.5. The minimum atomic E-state index is -0.0845. The average molecular weight is 1170 g/mol. The van der Waals surface area contributed by atoms with Gasteiger partial charge < -0.3 is 0 Å². The van der Waals surface area contributed by atoms with Crippen LogP contribution in [0.3, 0.4) is 0 Å². The van der Waals surface area contributed by atoms with Gasteiger partial charge in [-0.1, -0.05) is 264 Å². The maximum atomic E-state index is 2.41. The summed E-state index contributed by atoms with van der Waals surface area (Å²) in [7, 11) is 0. The second-order valence-electron chi connectivity index (χ2n) is 26.8. The lowest BCUT2D eigenvalue weighted by Crippen LogP contribution is -2.15. The summed E-state index contributed by atoms with van der Waals surface area (Å²) in [4.78, 5) is 0. The first-order valence-electron chi connectivity index (χ1n) is 32.4. The van der Waals surface area contributed by atoms with Gasteiger partial charge in [0.1, 0.15) is 0 Å². The lowest BCUT2D eigenvalue weighted by Gasteiger charge is -2.23. The summed E-state index contributed by atoms with van der Waals surface area (Å²) >= 11 is 0. The van der Waals surface area contributed by atoms with Crippen LogP contribution in [0.15, 0.2) is 315 Å². The third kappa shape index (κ3) is 8.73. The molecule has 2 aliphatic carbocycles. The van der Waals surface area contributed by atoms with Crippen molar-refractivity contribution in [2.45, 2.75) is 38.5 Å². The Hall–Kier alpha value is -11.2. The van der Waals surface area contributed by atoms with Crippen LogP contribution >= 0.6 is 0 Å². The molecule has 0 unspecified atom stereocenters. The Morgan fingerprint density at radius 3 is 1.00 bits per heavy atom. The predicted molar refractivity (Wildman–Crippen MR) is 395 cm³/mol. The van der Waals surface area contributed by atoms with E-state index in [1.807, 2.05) is 0 Å². The van der Waals surface area contributed by atoms with Crippen LogP contribution in [0.2, 0.25) is 0 Å². The first-order valence-corrected chi connectivity index (χ1v) is 32.4. The Balaban J connectivity index is 0.000000137. The van der Waals surface area contributed by atoms with Gasteiger partial charge in [-0.05, 0) is 265 Å². The highest BCUT2D eigenvalue weighted by molar-refractivity contribution is 6.07. The zero-order valence-electron chi connectivity index (χ0n) is 52.0. The molecule has 17 aromatic carbocycles. The van der Waals surface area contributed by atoms with E-state index in [4.69, 9.17) is 0 Å². The Morgan fingerprint density at radius 2 is 0.478 bits per heavy atom. The average Bonchev–Trinajstić information content (AvgIpc) is 1.56. The largest absolute Gasteiger partial charge is 0.0622 e. The van der Waals surface area contributed by atoms with E-state index in [2.05, 4.69) is 343 Å². The summed E-state index contributed by atoms with van der Waals surface area (Å²) in [6.45, 7) is 9.55. The molecule has 0 radical (unpaired) electrons. The molecule has 0 heteroatoms. The first-order chi connectivity index (χ1) is 45.0. The minimum absolute atomic E-state index is 0.0541. The molecule has 92 heavy (non-hydrogen) atoms. The first kappa shape index (κ1) is 53.8. The molecule has 0 saturated carbocycles. The van der Waals surface area contributed by atoms with E-state index < -0.39 is 0 Å². The van der Waals surface area contributed by atoms with Gasteiger partial charge in [0.15, 0.2) is 0 Å². The summed E-state index contributed by atoms with van der Waals surface area (Å²) < 4.78 is 0. The molecular formula is C92H64. The molecule has 0 nitrogen and oxygen atoms in total. The van der Waals surface area contributed by atoms with E-state index in [1.165, 1.54) is 186 Å². The fourth-order valence-corrected chi connectivity index (χ4v) is 16.0. The fourth-order valence-electron chi connectivity index (χ4n) is 16.0. The van der Waals surface area contributed by atoms with Crippen molar-refractivity contribution in [3.8, 4) is 77.9 Å². The normalized spacial score (nSPS) is 13.4. The van der Waals surface area contributed by atoms with E-state index in [1.54, 1.807) is 0 Å². The number of hydrogen-bond acceptors (Lipinski definition) is 0. The van der Waals surface area contributed by atoms with E-state index in [0.29, 0.717) is 0 Å². The van der Waals surface area contributed by atoms with Gasteiger partial charge in [-0.15, -0.1) is 0 Å². The van der Waals surface area contributed by atoms with Crippen molar-refractivity contribution in [3.05, 3.63) is 338 Å². The molecule has 0 aromatic heterocycles. The van der Waals surface area contributed by atoms with E-state index in [9.17, 15) is 0 Å². The van der Waals surface area contributed by atoms with Crippen LogP contribution in [0.4, 0.5) is 0 Å². The van der Waals surface area contributed by atoms with Gasteiger partial charge in [-0.25, -0.2) is 0 Å². The summed E-state index contributed by atoms with van der Waals surface area (Å²) in [5.41, 5.74) is 23.6. The summed E-state index contributed by atoms with van der Waals surface area (Å²) in [6, 6.07) is 117. The van der Waals surface area contributed by atoms with Crippen LogP contribution in [0.5, 0.6) is 0 Å². The fraction of sp³-hybridized carbons (Fsp3) is 0.0652. The second kappa shape index (κ2) is 20.7. The third-order valence-corrected chi connectivity index (χ3v) is 20.7. The molecule has 0 N–H and O–H groups in total. The van der Waals surface area contributed by atoms with Crippen molar-refractivity contribution >= 4 is 86.2 Å². The minimum Gasteiger partial charge on any atom is -0.0622 e. The van der Waals surface area contributed by atoms with Gasteiger partial charge in [-0.3, -0.25) is 0 Å². The SMILES string of the molecule is CC1(C)c2cc3ccccc3cc2-c2ccc3cc(-c4cc(-c5ccc6ccc(-c7ccccc7)cc6c5)cc5ccccc45)ccc3c21.CC1(C)c2cc3ccccc3cc2-c2ccc3cc(-c4ccc5cc(-c6ccc7ccccc7c6)ccc5c4)ccc3c21. The van der Waals surface area contributed by atoms with Crippen molar-refractivity contribution in [1.82, 2.24) is 0 Å². The van der Waals surface area contributed by atoms with E-state index in [-0.39, 0.29) is 10.8 Å². The summed E-state index contributed by atoms with van der Waals surface area (Å²) in [6.07, 6.45) is 0. The Morgan fingerprint density at radius 1 is 0.163 bits per heavy atom. The molecule has 17 aromatic rings. The maximum Gasteiger partial charge on any atom is 0.0165 e. The zero-order chi connectivity index (χ0) is 61.4. The third-order valence-electron chi connectivity index (χ3n) is 20.7. The van der Waals surface area contributed by atoms with Crippen molar-refractivity contribution in [2.24, 2.45) is 0 Å². The number of fused-ring (bicyclic) bond motifs is 16. The molecule has 2 aliphatic rings. The Labute approximate surface area is 537 Å². The van der Waals surface area contributed by atoms with Gasteiger partial charge in [-0.2, -0.15) is 0 Å². The molecule has 0 spiro atoms. The molecule has 0 heterocycles. The van der Waals surface area contributed by atoms with Crippen molar-refractivity contribution in [1.29, 1.82) is 0 Å². The molecule has 19 rings (SSSR count). The Kier molecular flexibility index (Phi) is 12.1. The quantitative estimate of drug-likeness (QED) is 0.161. The van der Waals surface area contributed by atoms with Crippen LogP contribution in [-0.2, 0) is 10.8 Å². The number of hydrogen-bond donors (Lipinski definition) is 0. The zero-order valence-corrected chi connectivity index (χ0v) is 52.0. The monoisotopic (exact) mass is 1170 g/mol. The van der Waals surface area contributed by atoms with E-state index in [0.717, 1.165) is 0 Å². The van der Waals surface area contributed by atoms with Gasteiger partial charge in [0.25, 0.3) is 0 Å². The molecule has 432 valence electrons. The van der Waals surface area contributed by atoms with Crippen molar-refractivity contribution in [3.63, 3.8) is 0 Å². The Bertz CT molecular complexity index is 5930. The highest BCUT2D eigenvalue weighted by atomic mass is 14.4. The lowest BCUT2D eigenvalue weighted by molar-refractivity contribution is 0.667. The highest BCUT2D eigenvalue weighted by Gasteiger charge is 2.39. The number of benzene rings is 17. The standard InChI is InChI=1S/C49H34.C43H30/c1-49(2)47-30-34-13-7-6-12-33(34)28-46(47)44-23-21-38-26-39(20-22-43(38)48(44)49)45-29-41(27-37-14-8-9-15-42(37)45)36-19-17-32-16-18-35(24-40(32)25-36)31-10-4-3-5-11-31;1-43(2)41-26-30-10-6-5-9-29(30)25-40(41)39-20-18-37-24-36(17-19-38(37)42(39)43)35-16-15-33-22-32(13-14-34(33)23-35)31-12-11-27-7-3-4-8-28(27)21-31/h3-30H,1-2H3;3-26H,1-2H3. The van der Waals surface area contributed by atoms with Crippen LogP contribution < -0.4 is 0 Å². The van der Waals surface area contributed by atoms with Gasteiger partial charge in [0.05, 0.1) is 0 Å².